The molecule has 3 saturated carbocycles. The quantitative estimate of drug-likeness (QED) is 0.410. The van der Waals surface area contributed by atoms with Crippen molar-refractivity contribution in [2.75, 3.05) is 26.7 Å². The lowest BCUT2D eigenvalue weighted by molar-refractivity contribution is -0.754. The number of ether oxygens (including phenoxy) is 2. The highest BCUT2D eigenvalue weighted by atomic mass is 17.0. The van der Waals surface area contributed by atoms with Gasteiger partial charge < -0.3 is 24.3 Å². The molecule has 0 spiro atoms. The monoisotopic (exact) mass is 544 g/mol. The first-order chi connectivity index (χ1) is 18.5. The van der Waals surface area contributed by atoms with E-state index in [4.69, 9.17) is 9.47 Å². The van der Waals surface area contributed by atoms with Crippen LogP contribution in [0.2, 0.25) is 0 Å². The van der Waals surface area contributed by atoms with Crippen LogP contribution < -0.4 is 0 Å². The second-order valence-electron chi connectivity index (χ2n) is 13.2. The van der Waals surface area contributed by atoms with Crippen molar-refractivity contribution in [3.63, 3.8) is 0 Å². The fourth-order valence-corrected chi connectivity index (χ4v) is 9.56. The third-order valence-corrected chi connectivity index (χ3v) is 11.4. The predicted octanol–water partition coefficient (Wildman–Crippen LogP) is 2.86. The van der Waals surface area contributed by atoms with Crippen LogP contribution in [-0.2, 0) is 23.9 Å². The molecular weight excluding hydrogens is 504 g/mol. The molecule has 5 fully saturated rings. The van der Waals surface area contributed by atoms with E-state index in [9.17, 15) is 24.8 Å². The predicted molar refractivity (Wildman–Crippen MR) is 139 cm³/mol. The number of allylic oxidation sites excluding steroid dienone is 4. The van der Waals surface area contributed by atoms with Crippen molar-refractivity contribution in [3.8, 4) is 0 Å². The molecule has 6 aliphatic rings. The van der Waals surface area contributed by atoms with Gasteiger partial charge in [-0.3, -0.25) is 9.59 Å². The largest absolute Gasteiger partial charge is 0.393 e. The summed E-state index contributed by atoms with van der Waals surface area (Å²) in [4.78, 5) is 44.1. The summed E-state index contributed by atoms with van der Waals surface area (Å²) in [5.41, 5.74) is -1.57. The zero-order valence-corrected chi connectivity index (χ0v) is 23.0. The molecule has 39 heavy (non-hydrogen) atoms. The van der Waals surface area contributed by atoms with Crippen molar-refractivity contribution < 1.29 is 34.1 Å². The van der Waals surface area contributed by atoms with Gasteiger partial charge in [-0.1, -0.05) is 25.5 Å². The number of carbonyl (C=O) groups excluding carboxylic acids is 2. The number of nitrogens with zero attached hydrogens (tertiary/aromatic N) is 2. The molecule has 0 aromatic rings. The van der Waals surface area contributed by atoms with E-state index < -0.39 is 52.4 Å². The molecule has 10 heteroatoms. The van der Waals surface area contributed by atoms with Gasteiger partial charge in [0, 0.05) is 22.7 Å². The van der Waals surface area contributed by atoms with Crippen LogP contribution in [0.4, 0.5) is 0 Å². The lowest BCUT2D eigenvalue weighted by Gasteiger charge is -2.59. The average molecular weight is 545 g/mol. The van der Waals surface area contributed by atoms with Crippen molar-refractivity contribution >= 4 is 11.6 Å². The first-order valence-corrected chi connectivity index (χ1v) is 14.4. The van der Waals surface area contributed by atoms with Crippen LogP contribution in [-0.4, -0.2) is 77.5 Å². The highest BCUT2D eigenvalue weighted by Crippen LogP contribution is 2.70. The van der Waals surface area contributed by atoms with E-state index in [1.807, 2.05) is 13.0 Å². The van der Waals surface area contributed by atoms with E-state index in [-0.39, 0.29) is 29.5 Å². The number of Topliss-reactive ketones (excluding diaryl/α,β-unsaturated/α-hetero) is 1. The Morgan fingerprint density at radius 2 is 2.08 bits per heavy atom. The second kappa shape index (κ2) is 9.46. The Morgan fingerprint density at radius 1 is 1.28 bits per heavy atom. The fourth-order valence-electron chi connectivity index (χ4n) is 9.56. The van der Waals surface area contributed by atoms with Crippen LogP contribution in [0.25, 0.3) is 0 Å². The topological polar surface area (TPSA) is 128 Å². The molecule has 2 saturated heterocycles. The molecule has 0 aromatic carbocycles. The van der Waals surface area contributed by atoms with E-state index in [0.29, 0.717) is 12.8 Å². The summed E-state index contributed by atoms with van der Waals surface area (Å²) in [5.74, 6) is -0.368. The number of fused-ring (bicyclic) bond motifs is 7. The van der Waals surface area contributed by atoms with Gasteiger partial charge in [0.15, 0.2) is 30.1 Å². The van der Waals surface area contributed by atoms with Gasteiger partial charge >= 0.3 is 0 Å². The molecule has 10 atom stereocenters. The van der Waals surface area contributed by atoms with E-state index in [1.54, 1.807) is 12.2 Å². The van der Waals surface area contributed by atoms with E-state index in [1.165, 1.54) is 0 Å². The number of carbonyl (C=O) groups is 2. The third kappa shape index (κ3) is 3.96. The number of likely N-dealkylation sites (tertiary alicyclic amines) is 1. The zero-order valence-electron chi connectivity index (χ0n) is 23.0. The lowest BCUT2D eigenvalue weighted by atomic mass is 9.46. The van der Waals surface area contributed by atoms with E-state index >= 15 is 0 Å². The van der Waals surface area contributed by atoms with Crippen LogP contribution in [0, 0.1) is 44.6 Å². The maximum Gasteiger partial charge on any atom is 0.294 e. The molecule has 5 unspecified atom stereocenters. The Balaban J connectivity index is 1.35. The van der Waals surface area contributed by atoms with Crippen molar-refractivity contribution in [2.24, 2.45) is 34.5 Å². The highest BCUT2D eigenvalue weighted by Gasteiger charge is 2.76. The Morgan fingerprint density at radius 3 is 2.85 bits per heavy atom. The standard InChI is InChI=1S/C29H40N2O8/c1-27-10-8-19(32)13-18(27)6-7-20-21-14-24-29(23(34)16-37-31(35)36,28(21,2)15-22(33)25(20)27)39-26(38-24)17-5-4-11-30(3)12-9-17/h8,10,13,17,20-22,24-26,33H,4-7,9,11-12,14-16H2,1-3H3/t17?,20?,21-,22?,24+,25?,26+,27?,28-,29+/m0/s1. The first kappa shape index (κ1) is 27.1. The van der Waals surface area contributed by atoms with E-state index in [2.05, 4.69) is 23.7 Å². The molecule has 4 aliphatic carbocycles. The van der Waals surface area contributed by atoms with Crippen LogP contribution >= 0.6 is 0 Å². The molecule has 0 bridgehead atoms. The van der Waals surface area contributed by atoms with Crippen LogP contribution in [0.5, 0.6) is 0 Å². The maximum atomic E-state index is 14.0. The Labute approximate surface area is 228 Å². The summed E-state index contributed by atoms with van der Waals surface area (Å²) >= 11 is 0. The van der Waals surface area contributed by atoms with Crippen LogP contribution in [0.1, 0.15) is 58.8 Å². The van der Waals surface area contributed by atoms with Crippen molar-refractivity contribution in [2.45, 2.75) is 82.9 Å². The van der Waals surface area contributed by atoms with Gasteiger partial charge in [-0.15, -0.1) is 10.1 Å². The Bertz CT molecular complexity index is 1120. The van der Waals surface area contributed by atoms with Gasteiger partial charge in [-0.05, 0) is 89.1 Å². The number of ketones is 2. The molecule has 0 aromatic heterocycles. The molecular formula is C29H40N2O8. The molecule has 10 nitrogen and oxygen atoms in total. The Hall–Kier alpha value is -2.14. The van der Waals surface area contributed by atoms with Gasteiger partial charge in [0.05, 0.1) is 12.2 Å². The number of aliphatic hydroxyl groups excluding tert-OH is 1. The number of rotatable bonds is 5. The number of hydrogen-bond acceptors (Lipinski definition) is 9. The second-order valence-corrected chi connectivity index (χ2v) is 13.2. The zero-order chi connectivity index (χ0) is 27.7. The fraction of sp³-hybridized carbons (Fsp3) is 0.793. The normalized spacial score (nSPS) is 47.3. The third-order valence-electron chi connectivity index (χ3n) is 11.4. The maximum absolute atomic E-state index is 14.0. The summed E-state index contributed by atoms with van der Waals surface area (Å²) in [5, 5.41) is 21.9. The molecule has 6 rings (SSSR count). The van der Waals surface area contributed by atoms with Crippen molar-refractivity contribution in [1.82, 2.24) is 4.90 Å². The number of aliphatic hydroxyl groups is 1. The van der Waals surface area contributed by atoms with Gasteiger partial charge in [0.2, 0.25) is 0 Å². The van der Waals surface area contributed by atoms with Gasteiger partial charge in [-0.25, -0.2) is 0 Å². The van der Waals surface area contributed by atoms with E-state index in [0.717, 1.165) is 50.8 Å². The molecule has 2 heterocycles. The van der Waals surface area contributed by atoms with Crippen LogP contribution in [0.3, 0.4) is 0 Å². The molecule has 2 aliphatic heterocycles. The smallest absolute Gasteiger partial charge is 0.294 e. The summed E-state index contributed by atoms with van der Waals surface area (Å²) < 4.78 is 13.4. The van der Waals surface area contributed by atoms with Gasteiger partial charge in [-0.2, -0.15) is 0 Å². The summed E-state index contributed by atoms with van der Waals surface area (Å²) in [6.45, 7) is 5.34. The SMILES string of the molecule is CN1CCCC([C@@H]2O[C@@H]3C[C@H]4C5CCC6=CC(=O)C=CC6(C)C5C(O)C[C@]4(C)[C@]3(C(=O)CO[N+](=O)[O-])O2)CC1. The number of hydrogen-bond donors (Lipinski definition) is 1. The van der Waals surface area contributed by atoms with Gasteiger partial charge in [0.1, 0.15) is 0 Å². The Kier molecular flexibility index (Phi) is 6.56. The molecule has 214 valence electrons. The summed E-state index contributed by atoms with van der Waals surface area (Å²) in [6.07, 6.45) is 8.69. The minimum atomic E-state index is -1.42. The van der Waals surface area contributed by atoms with Crippen molar-refractivity contribution in [1.29, 1.82) is 0 Å². The highest BCUT2D eigenvalue weighted by molar-refractivity contribution is 6.01. The van der Waals surface area contributed by atoms with Gasteiger partial charge in [0.25, 0.3) is 5.09 Å². The minimum absolute atomic E-state index is 0.0145. The summed E-state index contributed by atoms with van der Waals surface area (Å²) in [7, 11) is 2.10. The summed E-state index contributed by atoms with van der Waals surface area (Å²) in [6, 6.07) is 0. The average Bonchev–Trinajstić information content (AvgIpc) is 3.27. The molecule has 0 amide bonds. The van der Waals surface area contributed by atoms with Crippen LogP contribution in [0.15, 0.2) is 23.8 Å². The minimum Gasteiger partial charge on any atom is -0.393 e. The van der Waals surface area contributed by atoms with Crippen molar-refractivity contribution in [3.05, 3.63) is 33.9 Å². The molecule has 1 N–H and O–H groups in total. The molecule has 0 radical (unpaired) electrons. The first-order valence-electron chi connectivity index (χ1n) is 14.4. The lowest BCUT2D eigenvalue weighted by Crippen LogP contribution is -2.63.